The van der Waals surface area contributed by atoms with Crippen LogP contribution in [0.4, 0.5) is 4.79 Å². The summed E-state index contributed by atoms with van der Waals surface area (Å²) in [6.45, 7) is 6.49. The molecule has 0 atom stereocenters. The molecular formula is C18H26ClN3O3. The van der Waals surface area contributed by atoms with E-state index in [2.05, 4.69) is 5.32 Å². The van der Waals surface area contributed by atoms with E-state index in [9.17, 15) is 9.59 Å². The van der Waals surface area contributed by atoms with Crippen LogP contribution in [-0.4, -0.2) is 61.1 Å². The molecule has 1 aliphatic heterocycles. The lowest BCUT2D eigenvalue weighted by Crippen LogP contribution is -2.50. The number of hydrogen-bond donors (Lipinski definition) is 1. The van der Waals surface area contributed by atoms with Gasteiger partial charge in [-0.05, 0) is 44.9 Å². The first-order valence-electron chi connectivity index (χ1n) is 8.68. The molecule has 0 saturated carbocycles. The van der Waals surface area contributed by atoms with Crippen LogP contribution in [0.15, 0.2) is 18.2 Å². The molecule has 3 amide bonds. The molecule has 6 nitrogen and oxygen atoms in total. The van der Waals surface area contributed by atoms with Gasteiger partial charge in [0.2, 0.25) is 0 Å². The number of carbonyl (C=O) groups is 2. The summed E-state index contributed by atoms with van der Waals surface area (Å²) >= 11 is 6.02. The van der Waals surface area contributed by atoms with Crippen LogP contribution in [0.1, 0.15) is 37.0 Å². The number of nitrogens with zero attached hydrogens (tertiary/aromatic N) is 2. The summed E-state index contributed by atoms with van der Waals surface area (Å²) in [6.07, 6.45) is 1.48. The van der Waals surface area contributed by atoms with Crippen LogP contribution in [0.25, 0.3) is 0 Å². The first-order chi connectivity index (χ1) is 12.0. The van der Waals surface area contributed by atoms with Crippen molar-refractivity contribution in [3.63, 3.8) is 0 Å². The summed E-state index contributed by atoms with van der Waals surface area (Å²) in [5, 5.41) is 3.56. The highest BCUT2D eigenvalue weighted by molar-refractivity contribution is 6.31. The Morgan fingerprint density at radius 2 is 1.92 bits per heavy atom. The van der Waals surface area contributed by atoms with Crippen LogP contribution in [0.5, 0.6) is 5.75 Å². The molecule has 25 heavy (non-hydrogen) atoms. The second-order valence-electron chi connectivity index (χ2n) is 6.03. The summed E-state index contributed by atoms with van der Waals surface area (Å²) in [6, 6.07) is 5.10. The predicted octanol–water partition coefficient (Wildman–Crippen LogP) is 3.00. The quantitative estimate of drug-likeness (QED) is 0.870. The van der Waals surface area contributed by atoms with Gasteiger partial charge in [-0.1, -0.05) is 11.6 Å². The van der Waals surface area contributed by atoms with Crippen LogP contribution in [0.2, 0.25) is 5.02 Å². The minimum atomic E-state index is -0.0899. The van der Waals surface area contributed by atoms with Gasteiger partial charge >= 0.3 is 6.03 Å². The highest BCUT2D eigenvalue weighted by atomic mass is 35.5. The van der Waals surface area contributed by atoms with Crippen LogP contribution < -0.4 is 10.1 Å². The first kappa shape index (κ1) is 19.4. The van der Waals surface area contributed by atoms with Crippen molar-refractivity contribution in [3.05, 3.63) is 28.8 Å². The summed E-state index contributed by atoms with van der Waals surface area (Å²) < 4.78 is 5.27. The minimum Gasteiger partial charge on any atom is -0.496 e. The second-order valence-corrected chi connectivity index (χ2v) is 6.47. The molecule has 1 saturated heterocycles. The molecule has 0 bridgehead atoms. The van der Waals surface area contributed by atoms with Gasteiger partial charge in [-0.25, -0.2) is 4.79 Å². The van der Waals surface area contributed by atoms with Gasteiger partial charge in [0.1, 0.15) is 5.75 Å². The Morgan fingerprint density at radius 1 is 1.28 bits per heavy atom. The van der Waals surface area contributed by atoms with Crippen molar-refractivity contribution in [3.8, 4) is 5.75 Å². The molecule has 1 heterocycles. The molecule has 0 unspecified atom stereocenters. The number of halogens is 1. The van der Waals surface area contributed by atoms with Crippen molar-refractivity contribution in [2.75, 3.05) is 33.3 Å². The molecule has 0 aliphatic carbocycles. The maximum atomic E-state index is 12.8. The number of methoxy groups -OCH3 is 1. The fraction of sp³-hybridized carbons (Fsp3) is 0.556. The van der Waals surface area contributed by atoms with Gasteiger partial charge in [0.05, 0.1) is 12.7 Å². The largest absolute Gasteiger partial charge is 0.496 e. The normalized spacial score (nSPS) is 15.0. The number of piperidine rings is 1. The minimum absolute atomic E-state index is 0.0358. The first-order valence-corrected chi connectivity index (χ1v) is 9.06. The molecule has 2 rings (SSSR count). The molecule has 1 aromatic carbocycles. The van der Waals surface area contributed by atoms with Crippen LogP contribution in [-0.2, 0) is 0 Å². The Balaban J connectivity index is 1.95. The molecule has 0 aromatic heterocycles. The molecule has 138 valence electrons. The molecule has 1 aromatic rings. The fourth-order valence-corrected chi connectivity index (χ4v) is 3.19. The zero-order valence-corrected chi connectivity index (χ0v) is 15.8. The maximum absolute atomic E-state index is 12.8. The highest BCUT2D eigenvalue weighted by Gasteiger charge is 2.27. The molecular weight excluding hydrogens is 342 g/mol. The standard InChI is InChI=1S/C18H26ClN3O3/c1-4-21(5-2)18(24)20-14-8-10-22(11-9-14)17(23)15-12-13(19)6-7-16(15)25-3/h6-7,12,14H,4-5,8-11H2,1-3H3,(H,20,24). The van der Waals surface area contributed by atoms with Gasteiger partial charge in [0, 0.05) is 37.2 Å². The number of amides is 3. The van der Waals surface area contributed by atoms with Gasteiger partial charge in [-0.3, -0.25) is 4.79 Å². The van der Waals surface area contributed by atoms with Gasteiger partial charge in [-0.2, -0.15) is 0 Å². The number of ether oxygens (including phenoxy) is 1. The summed E-state index contributed by atoms with van der Waals surface area (Å²) in [4.78, 5) is 28.4. The molecule has 0 spiro atoms. The molecule has 7 heteroatoms. The van der Waals surface area contributed by atoms with E-state index in [1.807, 2.05) is 13.8 Å². The summed E-state index contributed by atoms with van der Waals surface area (Å²) in [7, 11) is 1.54. The third-order valence-electron chi connectivity index (χ3n) is 4.55. The van der Waals surface area contributed by atoms with Crippen LogP contribution in [0, 0.1) is 0 Å². The van der Waals surface area contributed by atoms with Crippen molar-refractivity contribution >= 4 is 23.5 Å². The predicted molar refractivity (Wildman–Crippen MR) is 98.4 cm³/mol. The molecule has 0 radical (unpaired) electrons. The van der Waals surface area contributed by atoms with E-state index in [1.54, 1.807) is 28.0 Å². The number of benzene rings is 1. The molecule has 1 fully saturated rings. The van der Waals surface area contributed by atoms with Crippen molar-refractivity contribution < 1.29 is 14.3 Å². The van der Waals surface area contributed by atoms with Crippen LogP contribution >= 0.6 is 11.6 Å². The Morgan fingerprint density at radius 3 is 2.48 bits per heavy atom. The number of likely N-dealkylation sites (tertiary alicyclic amines) is 1. The van der Waals surface area contributed by atoms with E-state index in [4.69, 9.17) is 16.3 Å². The Kier molecular flexibility index (Phi) is 6.93. The smallest absolute Gasteiger partial charge is 0.317 e. The van der Waals surface area contributed by atoms with Crippen molar-refractivity contribution in [2.45, 2.75) is 32.7 Å². The van der Waals surface area contributed by atoms with Crippen molar-refractivity contribution in [1.82, 2.24) is 15.1 Å². The van der Waals surface area contributed by atoms with E-state index in [-0.39, 0.29) is 18.0 Å². The third kappa shape index (κ3) is 4.78. The number of nitrogens with one attached hydrogen (secondary N) is 1. The molecule has 1 N–H and O–H groups in total. The van der Waals surface area contributed by atoms with Gasteiger partial charge in [0.15, 0.2) is 0 Å². The van der Waals surface area contributed by atoms with Crippen molar-refractivity contribution in [1.29, 1.82) is 0 Å². The molecule has 1 aliphatic rings. The van der Waals surface area contributed by atoms with Gasteiger partial charge < -0.3 is 19.9 Å². The van der Waals surface area contributed by atoms with E-state index in [0.717, 1.165) is 12.8 Å². The number of rotatable bonds is 5. The summed E-state index contributed by atoms with van der Waals surface area (Å²) in [5.74, 6) is 0.430. The van der Waals surface area contributed by atoms with E-state index < -0.39 is 0 Å². The topological polar surface area (TPSA) is 61.9 Å². The monoisotopic (exact) mass is 367 g/mol. The maximum Gasteiger partial charge on any atom is 0.317 e. The van der Waals surface area contributed by atoms with Gasteiger partial charge in [0.25, 0.3) is 5.91 Å². The Labute approximate surface area is 154 Å². The van der Waals surface area contributed by atoms with E-state index in [0.29, 0.717) is 42.5 Å². The third-order valence-corrected chi connectivity index (χ3v) is 4.79. The SMILES string of the molecule is CCN(CC)C(=O)NC1CCN(C(=O)c2cc(Cl)ccc2OC)CC1. The highest BCUT2D eigenvalue weighted by Crippen LogP contribution is 2.25. The second kappa shape index (κ2) is 8.94. The van der Waals surface area contributed by atoms with E-state index in [1.165, 1.54) is 7.11 Å². The Hall–Kier alpha value is -1.95. The average molecular weight is 368 g/mol. The number of hydrogen-bond acceptors (Lipinski definition) is 3. The van der Waals surface area contributed by atoms with Crippen LogP contribution in [0.3, 0.4) is 0 Å². The number of carbonyl (C=O) groups excluding carboxylic acids is 2. The lowest BCUT2D eigenvalue weighted by atomic mass is 10.0. The van der Waals surface area contributed by atoms with E-state index >= 15 is 0 Å². The Bertz CT molecular complexity index is 612. The lowest BCUT2D eigenvalue weighted by Gasteiger charge is -2.33. The van der Waals surface area contributed by atoms with Crippen molar-refractivity contribution in [2.24, 2.45) is 0 Å². The lowest BCUT2D eigenvalue weighted by molar-refractivity contribution is 0.0703. The zero-order valence-electron chi connectivity index (χ0n) is 15.0. The van der Waals surface area contributed by atoms with Gasteiger partial charge in [-0.15, -0.1) is 0 Å². The summed E-state index contributed by atoms with van der Waals surface area (Å²) in [5.41, 5.74) is 0.473. The zero-order chi connectivity index (χ0) is 18.4. The fourth-order valence-electron chi connectivity index (χ4n) is 3.02. The average Bonchev–Trinajstić information content (AvgIpc) is 2.62. The number of urea groups is 1.